The number of thioether (sulfide) groups is 1. The lowest BCUT2D eigenvalue weighted by Gasteiger charge is -2.22. The number of alkyl halides is 3. The van der Waals surface area contributed by atoms with Gasteiger partial charge in [0.15, 0.2) is 0 Å². The molecule has 0 spiro atoms. The van der Waals surface area contributed by atoms with E-state index in [0.29, 0.717) is 12.1 Å². The first-order valence-electron chi connectivity index (χ1n) is 10.3. The second-order valence-corrected chi connectivity index (χ2v) is 9.35. The lowest BCUT2D eigenvalue weighted by atomic mass is 10.0. The summed E-state index contributed by atoms with van der Waals surface area (Å²) in [6, 6.07) is 11.0. The lowest BCUT2D eigenvalue weighted by molar-refractivity contribution is -0.138. The molecule has 0 aliphatic heterocycles. The number of carboxylic acid groups (broad SMARTS) is 1. The summed E-state index contributed by atoms with van der Waals surface area (Å²) in [5.74, 6) is -0.676. The zero-order chi connectivity index (χ0) is 24.1. The van der Waals surface area contributed by atoms with E-state index in [1.165, 1.54) is 12.1 Å². The topological polar surface area (TPSA) is 52.9 Å². The van der Waals surface area contributed by atoms with Crippen molar-refractivity contribution in [3.63, 3.8) is 0 Å². The number of halogens is 3. The summed E-state index contributed by atoms with van der Waals surface area (Å²) in [7, 11) is 1.72. The van der Waals surface area contributed by atoms with Gasteiger partial charge in [0.25, 0.3) is 0 Å². The summed E-state index contributed by atoms with van der Waals surface area (Å²) in [5, 5.41) is 15.2. The molecule has 0 aliphatic rings. The number of nitrogens with zero attached hydrogens (tertiary/aromatic N) is 2. The fourth-order valence-electron chi connectivity index (χ4n) is 3.17. The summed E-state index contributed by atoms with van der Waals surface area (Å²) >= 11 is 1.71. The second-order valence-electron chi connectivity index (χ2n) is 7.90. The predicted molar refractivity (Wildman–Crippen MR) is 125 cm³/mol. The number of anilines is 1. The van der Waals surface area contributed by atoms with Crippen LogP contribution in [0.25, 0.3) is 0 Å². The van der Waals surface area contributed by atoms with Gasteiger partial charge in [-0.15, -0.1) is 11.8 Å². The average molecular weight is 467 g/mol. The van der Waals surface area contributed by atoms with Gasteiger partial charge in [0.2, 0.25) is 0 Å². The van der Waals surface area contributed by atoms with E-state index in [9.17, 15) is 18.0 Å². The van der Waals surface area contributed by atoms with Crippen molar-refractivity contribution in [2.45, 2.75) is 56.9 Å². The van der Waals surface area contributed by atoms with Gasteiger partial charge in [-0.05, 0) is 67.8 Å². The summed E-state index contributed by atoms with van der Waals surface area (Å²) in [6.07, 6.45) is -3.73. The third-order valence-corrected chi connectivity index (χ3v) is 6.79. The molecule has 0 saturated carbocycles. The van der Waals surface area contributed by atoms with Gasteiger partial charge < -0.3 is 5.11 Å². The molecule has 0 bridgehead atoms. The van der Waals surface area contributed by atoms with Crippen LogP contribution in [0.5, 0.6) is 0 Å². The highest BCUT2D eigenvalue weighted by atomic mass is 32.2. The second kappa shape index (κ2) is 10.9. The fraction of sp³-hybridized carbons (Fsp3) is 0.417. The molecule has 0 amide bonds. The molecule has 1 N–H and O–H groups in total. The number of aliphatic carboxylic acids is 1. The fourth-order valence-corrected chi connectivity index (χ4v) is 4.39. The van der Waals surface area contributed by atoms with Crippen LogP contribution in [0.4, 0.5) is 18.9 Å². The Hall–Kier alpha value is -2.48. The highest BCUT2D eigenvalue weighted by Crippen LogP contribution is 2.32. The van der Waals surface area contributed by atoms with Gasteiger partial charge in [-0.3, -0.25) is 9.80 Å². The maximum Gasteiger partial charge on any atom is 0.416 e. The molecule has 0 radical (unpaired) electrons. The Morgan fingerprint density at radius 3 is 2.31 bits per heavy atom. The molecule has 174 valence electrons. The Bertz CT molecular complexity index is 959. The van der Waals surface area contributed by atoms with Gasteiger partial charge in [0, 0.05) is 35.2 Å². The SMILES string of the molecule is C/C(=N/N(C)c1ccc(C(F)(F)F)cc1)C(C)C(C)Sc1ccc(CCC(=O)O)c(C)c1. The smallest absolute Gasteiger partial charge is 0.416 e. The van der Waals surface area contributed by atoms with Crippen molar-refractivity contribution in [3.05, 3.63) is 59.2 Å². The minimum Gasteiger partial charge on any atom is -0.481 e. The van der Waals surface area contributed by atoms with Crippen LogP contribution in [-0.2, 0) is 17.4 Å². The van der Waals surface area contributed by atoms with Gasteiger partial charge in [-0.2, -0.15) is 18.3 Å². The van der Waals surface area contributed by atoms with E-state index in [2.05, 4.69) is 25.0 Å². The molecule has 0 aliphatic carbocycles. The van der Waals surface area contributed by atoms with E-state index in [1.807, 2.05) is 26.0 Å². The third kappa shape index (κ3) is 7.29. The van der Waals surface area contributed by atoms with E-state index < -0.39 is 17.7 Å². The zero-order valence-electron chi connectivity index (χ0n) is 18.9. The number of rotatable bonds is 9. The maximum absolute atomic E-state index is 12.8. The molecule has 2 aromatic rings. The molecular weight excluding hydrogens is 437 g/mol. The first kappa shape index (κ1) is 25.8. The van der Waals surface area contributed by atoms with E-state index in [-0.39, 0.29) is 17.6 Å². The van der Waals surface area contributed by atoms with E-state index in [0.717, 1.165) is 33.9 Å². The van der Waals surface area contributed by atoms with Crippen molar-refractivity contribution in [3.8, 4) is 0 Å². The largest absolute Gasteiger partial charge is 0.481 e. The average Bonchev–Trinajstić information content (AvgIpc) is 2.71. The minimum atomic E-state index is -4.36. The Kier molecular flexibility index (Phi) is 8.78. The van der Waals surface area contributed by atoms with Crippen LogP contribution in [0, 0.1) is 12.8 Å². The summed E-state index contributed by atoms with van der Waals surface area (Å²) in [5.41, 5.74) is 2.88. The molecule has 32 heavy (non-hydrogen) atoms. The van der Waals surface area contributed by atoms with Crippen LogP contribution in [0.3, 0.4) is 0 Å². The molecular formula is C24H29F3N2O2S. The Morgan fingerprint density at radius 2 is 1.78 bits per heavy atom. The van der Waals surface area contributed by atoms with Crippen molar-refractivity contribution in [2.75, 3.05) is 12.1 Å². The van der Waals surface area contributed by atoms with Gasteiger partial charge in [-0.1, -0.05) is 19.9 Å². The zero-order valence-corrected chi connectivity index (χ0v) is 19.7. The maximum atomic E-state index is 12.8. The molecule has 2 rings (SSSR count). The number of carbonyl (C=O) groups is 1. The number of carboxylic acids is 1. The van der Waals surface area contributed by atoms with Crippen LogP contribution in [-0.4, -0.2) is 29.1 Å². The molecule has 0 aromatic heterocycles. The van der Waals surface area contributed by atoms with Crippen LogP contribution < -0.4 is 5.01 Å². The van der Waals surface area contributed by atoms with Crippen molar-refractivity contribution in [1.82, 2.24) is 0 Å². The molecule has 2 aromatic carbocycles. The van der Waals surface area contributed by atoms with Gasteiger partial charge in [-0.25, -0.2) is 0 Å². The van der Waals surface area contributed by atoms with Crippen molar-refractivity contribution in [2.24, 2.45) is 11.0 Å². The van der Waals surface area contributed by atoms with E-state index >= 15 is 0 Å². The number of hydrogen-bond donors (Lipinski definition) is 1. The highest BCUT2D eigenvalue weighted by Gasteiger charge is 2.30. The molecule has 0 heterocycles. The monoisotopic (exact) mass is 466 g/mol. The number of aryl methyl sites for hydroxylation is 2. The van der Waals surface area contributed by atoms with Crippen molar-refractivity contribution < 1.29 is 23.1 Å². The molecule has 8 heteroatoms. The number of hydrogen-bond acceptors (Lipinski definition) is 4. The van der Waals surface area contributed by atoms with Gasteiger partial charge >= 0.3 is 12.1 Å². The Balaban J connectivity index is 2.03. The molecule has 0 saturated heterocycles. The van der Waals surface area contributed by atoms with Crippen LogP contribution in [0.1, 0.15) is 43.9 Å². The van der Waals surface area contributed by atoms with Crippen LogP contribution >= 0.6 is 11.8 Å². The van der Waals surface area contributed by atoms with Crippen molar-refractivity contribution in [1.29, 1.82) is 0 Å². The standard InChI is InChI=1S/C24H29F3N2O2S/c1-15-14-22(12-6-19(15)7-13-23(30)31)32-18(4)16(2)17(3)28-29(5)21-10-8-20(9-11-21)24(25,26)27/h6,8-12,14,16,18H,7,13H2,1-5H3,(H,30,31)/b28-17-. The summed E-state index contributed by atoms with van der Waals surface area (Å²) in [4.78, 5) is 11.9. The third-order valence-electron chi connectivity index (χ3n) is 5.48. The Labute approximate surface area is 191 Å². The number of benzene rings is 2. The highest BCUT2D eigenvalue weighted by molar-refractivity contribution is 8.00. The van der Waals surface area contributed by atoms with Crippen LogP contribution in [0.2, 0.25) is 0 Å². The lowest BCUT2D eigenvalue weighted by Crippen LogP contribution is -2.22. The quantitative estimate of drug-likeness (QED) is 0.255. The first-order valence-corrected chi connectivity index (χ1v) is 11.2. The van der Waals surface area contributed by atoms with Crippen molar-refractivity contribution >= 4 is 29.1 Å². The molecule has 2 atom stereocenters. The van der Waals surface area contributed by atoms with E-state index in [4.69, 9.17) is 5.11 Å². The summed E-state index contributed by atoms with van der Waals surface area (Å²) < 4.78 is 38.3. The molecule has 0 fully saturated rings. The van der Waals surface area contributed by atoms with Gasteiger partial charge in [0.1, 0.15) is 0 Å². The Morgan fingerprint density at radius 1 is 1.16 bits per heavy atom. The normalized spacial score (nSPS) is 14.2. The number of hydrazone groups is 1. The van der Waals surface area contributed by atoms with Crippen LogP contribution in [0.15, 0.2) is 52.5 Å². The summed E-state index contributed by atoms with van der Waals surface area (Å²) in [6.45, 7) is 8.09. The minimum absolute atomic E-state index is 0.114. The van der Waals surface area contributed by atoms with E-state index in [1.54, 1.807) is 23.8 Å². The van der Waals surface area contributed by atoms with Gasteiger partial charge in [0.05, 0.1) is 11.3 Å². The molecule has 4 nitrogen and oxygen atoms in total. The first-order chi connectivity index (χ1) is 14.9. The predicted octanol–water partition coefficient (Wildman–Crippen LogP) is 6.66. The molecule has 2 unspecified atom stereocenters.